The molecule has 0 atom stereocenters. The summed E-state index contributed by atoms with van der Waals surface area (Å²) >= 11 is 0. The Balaban J connectivity index is 2.20. The van der Waals surface area contributed by atoms with Crippen LogP contribution in [0.15, 0.2) is 29.2 Å². The van der Waals surface area contributed by atoms with E-state index in [0.717, 1.165) is 24.8 Å². The first-order valence-electron chi connectivity index (χ1n) is 7.17. The van der Waals surface area contributed by atoms with E-state index in [9.17, 15) is 8.42 Å². The molecule has 5 heteroatoms. The zero-order valence-corrected chi connectivity index (χ0v) is 12.9. The highest BCUT2D eigenvalue weighted by Crippen LogP contribution is 2.31. The third kappa shape index (κ3) is 3.59. The largest absolute Gasteiger partial charge is 0.395 e. The molecule has 0 aromatic heterocycles. The van der Waals surface area contributed by atoms with Crippen LogP contribution in [0.1, 0.15) is 32.3 Å². The number of hydrogen-bond donors (Lipinski definition) is 1. The normalized spacial score (nSPS) is 16.1. The zero-order valence-electron chi connectivity index (χ0n) is 12.1. The molecule has 112 valence electrons. The quantitative estimate of drug-likeness (QED) is 0.838. The van der Waals surface area contributed by atoms with E-state index in [1.807, 2.05) is 12.1 Å². The van der Waals surface area contributed by atoms with Crippen molar-refractivity contribution in [3.63, 3.8) is 0 Å². The molecule has 0 bridgehead atoms. The molecule has 0 radical (unpaired) electrons. The predicted octanol–water partition coefficient (Wildman–Crippen LogP) is 2.03. The number of rotatable bonds is 7. The molecule has 0 aliphatic heterocycles. The average Bonchev–Trinajstić information content (AvgIpc) is 3.20. The maximum absolute atomic E-state index is 12.6. The molecule has 20 heavy (non-hydrogen) atoms. The van der Waals surface area contributed by atoms with E-state index in [1.54, 1.807) is 12.1 Å². The predicted molar refractivity (Wildman–Crippen MR) is 79.0 cm³/mol. The molecule has 2 rings (SSSR count). The van der Waals surface area contributed by atoms with Crippen LogP contribution in [0, 0.1) is 5.92 Å². The second kappa shape index (κ2) is 6.24. The van der Waals surface area contributed by atoms with Crippen molar-refractivity contribution < 1.29 is 13.5 Å². The molecule has 4 nitrogen and oxygen atoms in total. The van der Waals surface area contributed by atoms with Gasteiger partial charge in [-0.25, -0.2) is 8.42 Å². The van der Waals surface area contributed by atoms with Gasteiger partial charge in [-0.1, -0.05) is 26.0 Å². The topological polar surface area (TPSA) is 57.6 Å². The Labute approximate surface area is 121 Å². The van der Waals surface area contributed by atoms with Crippen LogP contribution >= 0.6 is 0 Å². The van der Waals surface area contributed by atoms with Crippen LogP contribution in [0.5, 0.6) is 0 Å². The summed E-state index contributed by atoms with van der Waals surface area (Å²) in [5.74, 6) is 0.551. The molecule has 0 unspecified atom stereocenters. The number of aliphatic hydroxyl groups excluding tert-OH is 1. The monoisotopic (exact) mass is 297 g/mol. The second-order valence-corrected chi connectivity index (χ2v) is 7.70. The Morgan fingerprint density at radius 3 is 2.30 bits per heavy atom. The van der Waals surface area contributed by atoms with Crippen LogP contribution in [0.4, 0.5) is 0 Å². The van der Waals surface area contributed by atoms with Gasteiger partial charge >= 0.3 is 0 Å². The lowest BCUT2D eigenvalue weighted by Gasteiger charge is -2.21. The maximum Gasteiger partial charge on any atom is 0.243 e. The molecule has 1 saturated carbocycles. The first kappa shape index (κ1) is 15.5. The van der Waals surface area contributed by atoms with Gasteiger partial charge in [0.05, 0.1) is 11.5 Å². The van der Waals surface area contributed by atoms with Crippen molar-refractivity contribution in [2.45, 2.75) is 44.0 Å². The lowest BCUT2D eigenvalue weighted by molar-refractivity contribution is 0.250. The lowest BCUT2D eigenvalue weighted by Crippen LogP contribution is -2.35. The number of nitrogens with zero attached hydrogens (tertiary/aromatic N) is 1. The molecular formula is C15H23NO3S. The summed E-state index contributed by atoms with van der Waals surface area (Å²) in [6.45, 7) is 4.32. The number of hydrogen-bond acceptors (Lipinski definition) is 3. The molecule has 1 aromatic rings. The van der Waals surface area contributed by atoms with E-state index in [1.165, 1.54) is 4.31 Å². The van der Waals surface area contributed by atoms with E-state index < -0.39 is 10.0 Å². The van der Waals surface area contributed by atoms with Gasteiger partial charge in [0, 0.05) is 12.6 Å². The van der Waals surface area contributed by atoms with E-state index in [-0.39, 0.29) is 19.2 Å². The van der Waals surface area contributed by atoms with Crippen molar-refractivity contribution in [3.8, 4) is 0 Å². The molecule has 1 aliphatic carbocycles. The van der Waals surface area contributed by atoms with Crippen molar-refractivity contribution >= 4 is 10.0 Å². The fourth-order valence-electron chi connectivity index (χ4n) is 2.36. The molecule has 0 spiro atoms. The highest BCUT2D eigenvalue weighted by molar-refractivity contribution is 7.89. The van der Waals surface area contributed by atoms with Crippen molar-refractivity contribution in [3.05, 3.63) is 29.8 Å². The molecule has 1 aliphatic rings. The van der Waals surface area contributed by atoms with Gasteiger partial charge in [0.15, 0.2) is 0 Å². The van der Waals surface area contributed by atoms with Crippen LogP contribution in [0.25, 0.3) is 0 Å². The van der Waals surface area contributed by atoms with Crippen molar-refractivity contribution in [2.24, 2.45) is 5.92 Å². The Morgan fingerprint density at radius 1 is 1.25 bits per heavy atom. The Kier molecular flexibility index (Phi) is 4.83. The standard InChI is InChI=1S/C15H23NO3S/c1-12(2)11-13-3-7-15(8-4-13)20(18,19)16(9-10-17)14-5-6-14/h3-4,7-8,12,14,17H,5-6,9-11H2,1-2H3. The summed E-state index contributed by atoms with van der Waals surface area (Å²) in [6, 6.07) is 7.20. The van der Waals surface area contributed by atoms with Gasteiger partial charge in [-0.15, -0.1) is 0 Å². The average molecular weight is 297 g/mol. The first-order chi connectivity index (χ1) is 9.45. The summed E-state index contributed by atoms with van der Waals surface area (Å²) < 4.78 is 26.5. The fraction of sp³-hybridized carbons (Fsp3) is 0.600. The first-order valence-corrected chi connectivity index (χ1v) is 8.61. The zero-order chi connectivity index (χ0) is 14.8. The van der Waals surface area contributed by atoms with E-state index in [2.05, 4.69) is 13.8 Å². The summed E-state index contributed by atoms with van der Waals surface area (Å²) in [5.41, 5.74) is 1.15. The molecule has 1 N–H and O–H groups in total. The highest BCUT2D eigenvalue weighted by atomic mass is 32.2. The summed E-state index contributed by atoms with van der Waals surface area (Å²) in [6.07, 6.45) is 2.73. The van der Waals surface area contributed by atoms with Crippen LogP contribution < -0.4 is 0 Å². The van der Waals surface area contributed by atoms with Gasteiger partial charge in [-0.2, -0.15) is 4.31 Å². The summed E-state index contributed by atoms with van der Waals surface area (Å²) in [5, 5.41) is 9.06. The van der Waals surface area contributed by atoms with Crippen LogP contribution in [-0.4, -0.2) is 37.0 Å². The van der Waals surface area contributed by atoms with Gasteiger partial charge in [-0.05, 0) is 42.9 Å². The van der Waals surface area contributed by atoms with E-state index in [0.29, 0.717) is 10.8 Å². The third-order valence-electron chi connectivity index (χ3n) is 3.45. The highest BCUT2D eigenvalue weighted by Gasteiger charge is 2.37. The van der Waals surface area contributed by atoms with E-state index in [4.69, 9.17) is 5.11 Å². The minimum absolute atomic E-state index is 0.0718. The molecular weight excluding hydrogens is 274 g/mol. The molecule has 0 amide bonds. The molecule has 0 heterocycles. The van der Waals surface area contributed by atoms with Crippen LogP contribution in [-0.2, 0) is 16.4 Å². The maximum atomic E-state index is 12.6. The molecule has 1 aromatic carbocycles. The van der Waals surface area contributed by atoms with Gasteiger partial charge in [0.1, 0.15) is 0 Å². The number of sulfonamides is 1. The Bertz CT molecular complexity index is 533. The van der Waals surface area contributed by atoms with Gasteiger partial charge < -0.3 is 5.11 Å². The van der Waals surface area contributed by atoms with Crippen molar-refractivity contribution in [1.82, 2.24) is 4.31 Å². The van der Waals surface area contributed by atoms with Gasteiger partial charge in [-0.3, -0.25) is 0 Å². The third-order valence-corrected chi connectivity index (χ3v) is 5.41. The summed E-state index contributed by atoms with van der Waals surface area (Å²) in [7, 11) is -3.47. The van der Waals surface area contributed by atoms with E-state index >= 15 is 0 Å². The smallest absolute Gasteiger partial charge is 0.243 e. The van der Waals surface area contributed by atoms with Gasteiger partial charge in [0.25, 0.3) is 0 Å². The Hall–Kier alpha value is -0.910. The lowest BCUT2D eigenvalue weighted by atomic mass is 10.0. The van der Waals surface area contributed by atoms with Crippen molar-refractivity contribution in [2.75, 3.05) is 13.2 Å². The van der Waals surface area contributed by atoms with Crippen LogP contribution in [0.3, 0.4) is 0 Å². The van der Waals surface area contributed by atoms with Crippen LogP contribution in [0.2, 0.25) is 0 Å². The molecule has 1 fully saturated rings. The minimum atomic E-state index is -3.47. The SMILES string of the molecule is CC(C)Cc1ccc(S(=O)(=O)N(CCO)C2CC2)cc1. The minimum Gasteiger partial charge on any atom is -0.395 e. The number of benzene rings is 1. The molecule has 0 saturated heterocycles. The second-order valence-electron chi connectivity index (χ2n) is 5.81. The fourth-order valence-corrected chi connectivity index (χ4v) is 4.04. The Morgan fingerprint density at radius 2 is 1.85 bits per heavy atom. The summed E-state index contributed by atoms with van der Waals surface area (Å²) in [4.78, 5) is 0.324. The number of aliphatic hydroxyl groups is 1. The van der Waals surface area contributed by atoms with Gasteiger partial charge in [0.2, 0.25) is 10.0 Å². The van der Waals surface area contributed by atoms with Crippen molar-refractivity contribution in [1.29, 1.82) is 0 Å².